The van der Waals surface area contributed by atoms with Crippen LogP contribution in [0.4, 0.5) is 0 Å². The first-order valence-electron chi connectivity index (χ1n) is 9.87. The molecule has 5 heteroatoms. The first-order valence-corrected chi connectivity index (χ1v) is 9.87. The highest BCUT2D eigenvalue weighted by Crippen LogP contribution is 2.07. The predicted octanol–water partition coefficient (Wildman–Crippen LogP) is 2.45. The molecule has 150 valence electrons. The van der Waals surface area contributed by atoms with Crippen LogP contribution in [0.2, 0.25) is 0 Å². The maximum Gasteiger partial charge on any atom is 0.242 e. The Morgan fingerprint density at radius 1 is 0.893 bits per heavy atom. The maximum absolute atomic E-state index is 12.8. The van der Waals surface area contributed by atoms with Crippen LogP contribution < -0.4 is 16.4 Å². The average Bonchev–Trinajstić information content (AvgIpc) is 2.68. The fraction of sp³-hybridized carbons (Fsp3) is 0.391. The van der Waals surface area contributed by atoms with Gasteiger partial charge in [0.25, 0.3) is 0 Å². The topological polar surface area (TPSA) is 84.2 Å². The van der Waals surface area contributed by atoms with Crippen LogP contribution in [0.25, 0.3) is 0 Å². The molecule has 0 saturated carbocycles. The molecule has 4 N–H and O–H groups in total. The van der Waals surface area contributed by atoms with Crippen molar-refractivity contribution in [2.45, 2.75) is 45.2 Å². The summed E-state index contributed by atoms with van der Waals surface area (Å²) in [6.45, 7) is 4.55. The van der Waals surface area contributed by atoms with Gasteiger partial charge in [-0.1, -0.05) is 74.5 Å². The number of rotatable bonds is 10. The Morgan fingerprint density at radius 2 is 1.46 bits per heavy atom. The van der Waals surface area contributed by atoms with Crippen LogP contribution in [0.3, 0.4) is 0 Å². The Balaban J connectivity index is 1.97. The van der Waals surface area contributed by atoms with Crippen molar-refractivity contribution in [3.05, 3.63) is 71.8 Å². The Labute approximate surface area is 167 Å². The largest absolute Gasteiger partial charge is 0.354 e. The number of nitrogens with two attached hydrogens (primary N) is 1. The predicted molar refractivity (Wildman–Crippen MR) is 113 cm³/mol. The number of nitrogens with one attached hydrogen (secondary N) is 2. The van der Waals surface area contributed by atoms with Crippen molar-refractivity contribution in [2.24, 2.45) is 11.7 Å². The van der Waals surface area contributed by atoms with Crippen LogP contribution in [0.5, 0.6) is 0 Å². The van der Waals surface area contributed by atoms with Crippen molar-refractivity contribution in [2.75, 3.05) is 6.54 Å². The van der Waals surface area contributed by atoms with Gasteiger partial charge in [0.2, 0.25) is 11.8 Å². The molecule has 2 atom stereocenters. The highest BCUT2D eigenvalue weighted by atomic mass is 16.2. The van der Waals surface area contributed by atoms with Gasteiger partial charge in [-0.15, -0.1) is 0 Å². The second-order valence-corrected chi connectivity index (χ2v) is 7.51. The summed E-state index contributed by atoms with van der Waals surface area (Å²) in [5.41, 5.74) is 8.14. The number of carbonyl (C=O) groups excluding carboxylic acids is 2. The van der Waals surface area contributed by atoms with E-state index in [0.29, 0.717) is 25.3 Å². The van der Waals surface area contributed by atoms with E-state index in [0.717, 1.165) is 17.5 Å². The minimum atomic E-state index is -0.649. The van der Waals surface area contributed by atoms with Crippen molar-refractivity contribution in [1.82, 2.24) is 10.6 Å². The molecule has 0 radical (unpaired) electrons. The van der Waals surface area contributed by atoms with Crippen LogP contribution in [-0.2, 0) is 22.4 Å². The minimum Gasteiger partial charge on any atom is -0.354 e. The number of hydrogen-bond acceptors (Lipinski definition) is 3. The highest BCUT2D eigenvalue weighted by Gasteiger charge is 2.24. The molecule has 0 aliphatic carbocycles. The van der Waals surface area contributed by atoms with Gasteiger partial charge in [0.15, 0.2) is 0 Å². The zero-order valence-corrected chi connectivity index (χ0v) is 16.7. The van der Waals surface area contributed by atoms with Gasteiger partial charge in [0.1, 0.15) is 6.04 Å². The molecule has 0 spiro atoms. The van der Waals surface area contributed by atoms with Crippen LogP contribution in [0.1, 0.15) is 31.4 Å². The van der Waals surface area contributed by atoms with E-state index in [-0.39, 0.29) is 11.8 Å². The lowest BCUT2D eigenvalue weighted by atomic mass is 10.0. The third-order valence-electron chi connectivity index (χ3n) is 4.53. The molecule has 0 heterocycles. The number of amides is 2. The van der Waals surface area contributed by atoms with Gasteiger partial charge in [-0.3, -0.25) is 9.59 Å². The molecule has 5 nitrogen and oxygen atoms in total. The SMILES string of the molecule is CC(C)C[C@@H](N)C(=O)N[C@@H](Cc1ccccc1)C(=O)NCCc1ccccc1. The van der Waals surface area contributed by atoms with Gasteiger partial charge >= 0.3 is 0 Å². The molecule has 0 unspecified atom stereocenters. The van der Waals surface area contributed by atoms with Gasteiger partial charge in [-0.2, -0.15) is 0 Å². The van der Waals surface area contributed by atoms with Gasteiger partial charge in [-0.05, 0) is 29.9 Å². The second kappa shape index (κ2) is 11.2. The zero-order chi connectivity index (χ0) is 20.4. The monoisotopic (exact) mass is 381 g/mol. The van der Waals surface area contributed by atoms with E-state index >= 15 is 0 Å². The number of carbonyl (C=O) groups is 2. The molecule has 28 heavy (non-hydrogen) atoms. The summed E-state index contributed by atoms with van der Waals surface area (Å²) in [4.78, 5) is 25.2. The van der Waals surface area contributed by atoms with Crippen LogP contribution in [0, 0.1) is 5.92 Å². The molecule has 0 saturated heterocycles. The Morgan fingerprint density at radius 3 is 2.04 bits per heavy atom. The maximum atomic E-state index is 12.8. The molecular formula is C23H31N3O2. The van der Waals surface area contributed by atoms with Gasteiger partial charge in [0, 0.05) is 13.0 Å². The molecule has 0 aliphatic rings. The summed E-state index contributed by atoms with van der Waals surface area (Å²) < 4.78 is 0. The highest BCUT2D eigenvalue weighted by molar-refractivity contribution is 5.89. The summed E-state index contributed by atoms with van der Waals surface area (Å²) in [5.74, 6) is -0.161. The van der Waals surface area contributed by atoms with Crippen molar-refractivity contribution in [3.63, 3.8) is 0 Å². The molecule has 0 fully saturated rings. The van der Waals surface area contributed by atoms with E-state index in [1.54, 1.807) is 0 Å². The molecule has 2 aromatic rings. The quantitative estimate of drug-likeness (QED) is 0.591. The molecule has 0 bridgehead atoms. The van der Waals surface area contributed by atoms with Crippen molar-refractivity contribution >= 4 is 11.8 Å². The second-order valence-electron chi connectivity index (χ2n) is 7.51. The van der Waals surface area contributed by atoms with E-state index in [1.807, 2.05) is 74.5 Å². The molecule has 2 aromatic carbocycles. The van der Waals surface area contributed by atoms with Crippen molar-refractivity contribution in [3.8, 4) is 0 Å². The molecule has 0 aliphatic heterocycles. The van der Waals surface area contributed by atoms with Gasteiger partial charge in [0.05, 0.1) is 6.04 Å². The lowest BCUT2D eigenvalue weighted by Crippen LogP contribution is -2.53. The molecular weight excluding hydrogens is 350 g/mol. The third kappa shape index (κ3) is 7.53. The summed E-state index contributed by atoms with van der Waals surface area (Å²) >= 11 is 0. The van der Waals surface area contributed by atoms with E-state index in [9.17, 15) is 9.59 Å². The summed E-state index contributed by atoms with van der Waals surface area (Å²) in [7, 11) is 0. The zero-order valence-electron chi connectivity index (χ0n) is 16.7. The summed E-state index contributed by atoms with van der Waals surface area (Å²) in [5, 5.41) is 5.79. The molecule has 2 amide bonds. The van der Waals surface area contributed by atoms with Crippen LogP contribution in [0.15, 0.2) is 60.7 Å². The Bertz CT molecular complexity index is 732. The van der Waals surface area contributed by atoms with Crippen LogP contribution >= 0.6 is 0 Å². The van der Waals surface area contributed by atoms with E-state index in [4.69, 9.17) is 5.73 Å². The average molecular weight is 382 g/mol. The van der Waals surface area contributed by atoms with Crippen molar-refractivity contribution < 1.29 is 9.59 Å². The number of hydrogen-bond donors (Lipinski definition) is 3. The first kappa shape index (κ1) is 21.6. The van der Waals surface area contributed by atoms with Crippen molar-refractivity contribution in [1.29, 1.82) is 0 Å². The Kier molecular flexibility index (Phi) is 8.69. The van der Waals surface area contributed by atoms with E-state index in [1.165, 1.54) is 0 Å². The lowest BCUT2D eigenvalue weighted by Gasteiger charge is -2.21. The van der Waals surface area contributed by atoms with Crippen LogP contribution in [-0.4, -0.2) is 30.4 Å². The summed E-state index contributed by atoms with van der Waals surface area (Å²) in [6, 6.07) is 18.4. The normalized spacial score (nSPS) is 13.0. The Hall–Kier alpha value is -2.66. The molecule has 0 aromatic heterocycles. The fourth-order valence-corrected chi connectivity index (χ4v) is 3.05. The van der Waals surface area contributed by atoms with Gasteiger partial charge < -0.3 is 16.4 Å². The lowest BCUT2D eigenvalue weighted by molar-refractivity contribution is -0.129. The van der Waals surface area contributed by atoms with E-state index in [2.05, 4.69) is 10.6 Å². The van der Waals surface area contributed by atoms with E-state index < -0.39 is 12.1 Å². The summed E-state index contributed by atoms with van der Waals surface area (Å²) in [6.07, 6.45) is 1.75. The third-order valence-corrected chi connectivity index (χ3v) is 4.53. The smallest absolute Gasteiger partial charge is 0.242 e. The minimum absolute atomic E-state index is 0.190. The fourth-order valence-electron chi connectivity index (χ4n) is 3.05. The first-order chi connectivity index (χ1) is 13.5. The number of benzene rings is 2. The molecule has 2 rings (SSSR count). The standard InChI is InChI=1S/C23H31N3O2/c1-17(2)15-20(24)22(27)26-21(16-19-11-7-4-8-12-19)23(28)25-14-13-18-9-5-3-6-10-18/h3-12,17,20-21H,13-16,24H2,1-2H3,(H,25,28)(H,26,27)/t20-,21+/m1/s1. The van der Waals surface area contributed by atoms with Gasteiger partial charge in [-0.25, -0.2) is 0 Å².